The predicted molar refractivity (Wildman–Crippen MR) is 55.1 cm³/mol. The molecule has 0 saturated carbocycles. The maximum atomic E-state index is 10.7. The summed E-state index contributed by atoms with van der Waals surface area (Å²) in [6.07, 6.45) is 0. The van der Waals surface area contributed by atoms with Gasteiger partial charge >= 0.3 is 5.69 Å². The van der Waals surface area contributed by atoms with Gasteiger partial charge in [0.25, 0.3) is 0 Å². The maximum absolute atomic E-state index is 10.7. The van der Waals surface area contributed by atoms with E-state index in [1.54, 1.807) is 6.92 Å². The second-order valence-electron chi connectivity index (χ2n) is 3.82. The third kappa shape index (κ3) is 1.66. The van der Waals surface area contributed by atoms with E-state index in [1.807, 2.05) is 6.07 Å². The van der Waals surface area contributed by atoms with Crippen LogP contribution >= 0.6 is 0 Å². The van der Waals surface area contributed by atoms with Crippen LogP contribution in [0.2, 0.25) is 0 Å². The van der Waals surface area contributed by atoms with Crippen LogP contribution in [0.15, 0.2) is 12.1 Å². The van der Waals surface area contributed by atoms with Crippen molar-refractivity contribution in [3.8, 4) is 5.75 Å². The van der Waals surface area contributed by atoms with Crippen molar-refractivity contribution in [3.05, 3.63) is 33.4 Å². The molecule has 80 valence electrons. The molecular weight excluding hydrogens is 196 g/mol. The normalized spacial score (nSPS) is 16.1. The summed E-state index contributed by atoms with van der Waals surface area (Å²) in [5.41, 5.74) is 1.29. The van der Waals surface area contributed by atoms with Crippen LogP contribution in [-0.4, -0.2) is 23.1 Å². The molecular formula is C10H12N2O3. The fraction of sp³-hybridized carbons (Fsp3) is 0.400. The zero-order valence-electron chi connectivity index (χ0n) is 8.36. The molecule has 1 aliphatic heterocycles. The number of phenols is 1. The molecule has 1 saturated heterocycles. The summed E-state index contributed by atoms with van der Waals surface area (Å²) in [6, 6.07) is 3.28. The van der Waals surface area contributed by atoms with E-state index in [1.165, 1.54) is 6.07 Å². The van der Waals surface area contributed by atoms with Gasteiger partial charge in [-0.25, -0.2) is 0 Å². The standard InChI is InChI=1S/C10H12N2O3/c1-6-2-7(8-4-11-5-8)3-9(10(6)13)12(14)15/h2-3,8,11,13H,4-5H2,1H3. The molecule has 1 aliphatic rings. The Labute approximate surface area is 86.9 Å². The van der Waals surface area contributed by atoms with E-state index in [4.69, 9.17) is 0 Å². The summed E-state index contributed by atoms with van der Waals surface area (Å²) >= 11 is 0. The van der Waals surface area contributed by atoms with Gasteiger partial charge in [0.15, 0.2) is 5.75 Å². The lowest BCUT2D eigenvalue weighted by Gasteiger charge is -2.27. The summed E-state index contributed by atoms with van der Waals surface area (Å²) in [6.45, 7) is 3.38. The number of aromatic hydroxyl groups is 1. The topological polar surface area (TPSA) is 75.4 Å². The number of benzene rings is 1. The minimum Gasteiger partial charge on any atom is -0.502 e. The predicted octanol–water partition coefficient (Wildman–Crippen LogP) is 1.30. The van der Waals surface area contributed by atoms with Gasteiger partial charge in [0.05, 0.1) is 4.92 Å². The van der Waals surface area contributed by atoms with Crippen LogP contribution in [0.3, 0.4) is 0 Å². The van der Waals surface area contributed by atoms with Gasteiger partial charge in [0.2, 0.25) is 0 Å². The molecule has 0 spiro atoms. The largest absolute Gasteiger partial charge is 0.502 e. The number of nitrogens with zero attached hydrogens (tertiary/aromatic N) is 1. The van der Waals surface area contributed by atoms with E-state index in [2.05, 4.69) is 5.32 Å². The summed E-state index contributed by atoms with van der Waals surface area (Å²) in [4.78, 5) is 10.1. The van der Waals surface area contributed by atoms with Crippen molar-refractivity contribution in [2.75, 3.05) is 13.1 Å². The molecule has 0 aromatic heterocycles. The van der Waals surface area contributed by atoms with Gasteiger partial charge in [-0.3, -0.25) is 10.1 Å². The van der Waals surface area contributed by atoms with Crippen LogP contribution in [-0.2, 0) is 0 Å². The lowest BCUT2D eigenvalue weighted by atomic mass is 9.92. The van der Waals surface area contributed by atoms with Gasteiger partial charge in [-0.1, -0.05) is 6.07 Å². The van der Waals surface area contributed by atoms with E-state index in [0.717, 1.165) is 18.7 Å². The Morgan fingerprint density at radius 2 is 2.20 bits per heavy atom. The Morgan fingerprint density at radius 3 is 2.67 bits per heavy atom. The molecule has 1 aromatic rings. The lowest BCUT2D eigenvalue weighted by molar-refractivity contribution is -0.386. The van der Waals surface area contributed by atoms with Crippen molar-refractivity contribution in [2.24, 2.45) is 0 Å². The first kappa shape index (κ1) is 9.92. The lowest BCUT2D eigenvalue weighted by Crippen LogP contribution is -2.39. The number of rotatable bonds is 2. The average molecular weight is 208 g/mol. The van der Waals surface area contributed by atoms with Crippen LogP contribution in [0.25, 0.3) is 0 Å². The van der Waals surface area contributed by atoms with Crippen molar-refractivity contribution < 1.29 is 10.0 Å². The number of aryl methyl sites for hydroxylation is 1. The first-order valence-electron chi connectivity index (χ1n) is 4.78. The third-order valence-corrected chi connectivity index (χ3v) is 2.75. The quantitative estimate of drug-likeness (QED) is 0.567. The molecule has 0 radical (unpaired) electrons. The van der Waals surface area contributed by atoms with Gasteiger partial charge in [0, 0.05) is 25.1 Å². The fourth-order valence-electron chi connectivity index (χ4n) is 1.69. The number of nitrogens with one attached hydrogen (secondary N) is 1. The van der Waals surface area contributed by atoms with Crippen LogP contribution in [0.4, 0.5) is 5.69 Å². The van der Waals surface area contributed by atoms with Gasteiger partial charge in [-0.2, -0.15) is 0 Å². The summed E-state index contributed by atoms with van der Waals surface area (Å²) in [5, 5.41) is 23.3. The Bertz CT molecular complexity index is 413. The van der Waals surface area contributed by atoms with Gasteiger partial charge in [0.1, 0.15) is 0 Å². The van der Waals surface area contributed by atoms with Crippen LogP contribution in [0, 0.1) is 17.0 Å². The first-order chi connectivity index (χ1) is 7.09. The zero-order valence-corrected chi connectivity index (χ0v) is 8.36. The summed E-state index contributed by atoms with van der Waals surface area (Å²) in [7, 11) is 0. The summed E-state index contributed by atoms with van der Waals surface area (Å²) in [5.74, 6) is 0.110. The SMILES string of the molecule is Cc1cc(C2CNC2)cc([N+](=O)[O-])c1O. The van der Waals surface area contributed by atoms with Crippen LogP contribution < -0.4 is 5.32 Å². The van der Waals surface area contributed by atoms with Crippen molar-refractivity contribution in [1.82, 2.24) is 5.32 Å². The van der Waals surface area contributed by atoms with Gasteiger partial charge < -0.3 is 10.4 Å². The number of hydrogen-bond donors (Lipinski definition) is 2. The molecule has 0 unspecified atom stereocenters. The second kappa shape index (κ2) is 3.51. The zero-order chi connectivity index (χ0) is 11.0. The Hall–Kier alpha value is -1.62. The molecule has 1 fully saturated rings. The highest BCUT2D eigenvalue weighted by Crippen LogP contribution is 2.34. The number of nitro groups is 1. The Morgan fingerprint density at radius 1 is 1.53 bits per heavy atom. The average Bonchev–Trinajstić information content (AvgIpc) is 2.07. The van der Waals surface area contributed by atoms with Crippen LogP contribution in [0.1, 0.15) is 17.0 Å². The highest BCUT2D eigenvalue weighted by Gasteiger charge is 2.24. The van der Waals surface area contributed by atoms with E-state index in [-0.39, 0.29) is 11.4 Å². The minimum atomic E-state index is -0.544. The van der Waals surface area contributed by atoms with Crippen molar-refractivity contribution in [2.45, 2.75) is 12.8 Å². The first-order valence-corrected chi connectivity index (χ1v) is 4.78. The third-order valence-electron chi connectivity index (χ3n) is 2.75. The molecule has 0 atom stereocenters. The second-order valence-corrected chi connectivity index (χ2v) is 3.82. The molecule has 2 rings (SSSR count). The van der Waals surface area contributed by atoms with E-state index in [0.29, 0.717) is 11.5 Å². The minimum absolute atomic E-state index is 0.197. The molecule has 15 heavy (non-hydrogen) atoms. The molecule has 5 nitrogen and oxygen atoms in total. The fourth-order valence-corrected chi connectivity index (χ4v) is 1.69. The molecule has 1 heterocycles. The van der Waals surface area contributed by atoms with Gasteiger partial charge in [-0.05, 0) is 18.1 Å². The summed E-state index contributed by atoms with van der Waals surface area (Å²) < 4.78 is 0. The maximum Gasteiger partial charge on any atom is 0.311 e. The van der Waals surface area contributed by atoms with Crippen molar-refractivity contribution >= 4 is 5.69 Å². The molecule has 1 aromatic carbocycles. The number of hydrogen-bond acceptors (Lipinski definition) is 4. The van der Waals surface area contributed by atoms with Crippen LogP contribution in [0.5, 0.6) is 5.75 Å². The Balaban J connectivity index is 2.45. The number of nitro benzene ring substituents is 1. The van der Waals surface area contributed by atoms with E-state index >= 15 is 0 Å². The van der Waals surface area contributed by atoms with Gasteiger partial charge in [-0.15, -0.1) is 0 Å². The molecule has 5 heteroatoms. The monoisotopic (exact) mass is 208 g/mol. The van der Waals surface area contributed by atoms with E-state index in [9.17, 15) is 15.2 Å². The highest BCUT2D eigenvalue weighted by atomic mass is 16.6. The smallest absolute Gasteiger partial charge is 0.311 e. The molecule has 2 N–H and O–H groups in total. The Kier molecular flexibility index (Phi) is 2.32. The molecule has 0 aliphatic carbocycles. The van der Waals surface area contributed by atoms with Crippen molar-refractivity contribution in [1.29, 1.82) is 0 Å². The molecule has 0 bridgehead atoms. The molecule has 0 amide bonds. The van der Waals surface area contributed by atoms with E-state index < -0.39 is 4.92 Å². The van der Waals surface area contributed by atoms with Crippen molar-refractivity contribution in [3.63, 3.8) is 0 Å². The highest BCUT2D eigenvalue weighted by molar-refractivity contribution is 5.53. The number of phenolic OH excluding ortho intramolecular Hbond substituents is 1.